The Morgan fingerprint density at radius 3 is 2.62 bits per heavy atom. The highest BCUT2D eigenvalue weighted by Gasteiger charge is 2.26. The molecule has 0 spiro atoms. The van der Waals surface area contributed by atoms with Crippen molar-refractivity contribution in [1.82, 2.24) is 9.78 Å². The van der Waals surface area contributed by atoms with Crippen LogP contribution in [0.2, 0.25) is 0 Å². The van der Waals surface area contributed by atoms with Crippen LogP contribution in [0.1, 0.15) is 32.9 Å². The van der Waals surface area contributed by atoms with E-state index in [0.717, 1.165) is 12.1 Å². The van der Waals surface area contributed by atoms with Gasteiger partial charge in [-0.3, -0.25) is 4.68 Å². The predicted molar refractivity (Wildman–Crippen MR) is 52.2 cm³/mol. The van der Waals surface area contributed by atoms with E-state index in [1.807, 2.05) is 20.0 Å². The normalized spacial score (nSPS) is 16.2. The van der Waals surface area contributed by atoms with E-state index in [1.54, 1.807) is 10.9 Å². The molecule has 0 radical (unpaired) electrons. The Bertz CT molecular complexity index is 276. The minimum absolute atomic E-state index is 0.477. The molecule has 0 saturated carbocycles. The molecule has 0 aliphatic rings. The number of aromatic nitrogens is 2. The summed E-state index contributed by atoms with van der Waals surface area (Å²) in [7, 11) is 1.85. The van der Waals surface area contributed by atoms with Gasteiger partial charge in [0, 0.05) is 13.2 Å². The third-order valence-electron chi connectivity index (χ3n) is 2.18. The fourth-order valence-corrected chi connectivity index (χ4v) is 1.80. The largest absolute Gasteiger partial charge is 0.384 e. The van der Waals surface area contributed by atoms with Gasteiger partial charge < -0.3 is 5.11 Å². The summed E-state index contributed by atoms with van der Waals surface area (Å²) in [5.41, 5.74) is 0.112. The SMILES string of the molecule is CC(C)CC(C)(O)c1ccnn1C. The van der Waals surface area contributed by atoms with Crippen molar-refractivity contribution >= 4 is 0 Å². The molecule has 0 aromatic carbocycles. The van der Waals surface area contributed by atoms with E-state index in [0.29, 0.717) is 5.92 Å². The van der Waals surface area contributed by atoms with Gasteiger partial charge in [-0.25, -0.2) is 0 Å². The number of nitrogens with zero attached hydrogens (tertiary/aromatic N) is 2. The lowest BCUT2D eigenvalue weighted by molar-refractivity contribution is 0.0269. The lowest BCUT2D eigenvalue weighted by atomic mass is 9.91. The van der Waals surface area contributed by atoms with Crippen LogP contribution in [0.4, 0.5) is 0 Å². The molecule has 0 aliphatic carbocycles. The molecule has 3 heteroatoms. The van der Waals surface area contributed by atoms with Gasteiger partial charge in [0.05, 0.1) is 5.69 Å². The van der Waals surface area contributed by atoms with Crippen LogP contribution in [-0.4, -0.2) is 14.9 Å². The zero-order chi connectivity index (χ0) is 10.1. The summed E-state index contributed by atoms with van der Waals surface area (Å²) < 4.78 is 1.72. The van der Waals surface area contributed by atoms with Crippen molar-refractivity contribution in [2.24, 2.45) is 13.0 Å². The maximum Gasteiger partial charge on any atom is 0.104 e. The van der Waals surface area contributed by atoms with Gasteiger partial charge in [-0.15, -0.1) is 0 Å². The Hall–Kier alpha value is -0.830. The maximum atomic E-state index is 10.2. The summed E-state index contributed by atoms with van der Waals surface area (Å²) in [6.07, 6.45) is 2.47. The topological polar surface area (TPSA) is 38.1 Å². The quantitative estimate of drug-likeness (QED) is 0.772. The molecular weight excluding hydrogens is 164 g/mol. The molecule has 0 bridgehead atoms. The zero-order valence-corrected chi connectivity index (χ0v) is 8.78. The monoisotopic (exact) mass is 182 g/mol. The van der Waals surface area contributed by atoms with Crippen LogP contribution >= 0.6 is 0 Å². The smallest absolute Gasteiger partial charge is 0.104 e. The van der Waals surface area contributed by atoms with Crippen molar-refractivity contribution in [2.75, 3.05) is 0 Å². The molecule has 1 heterocycles. The lowest BCUT2D eigenvalue weighted by Crippen LogP contribution is -2.26. The Labute approximate surface area is 79.4 Å². The van der Waals surface area contributed by atoms with Crippen molar-refractivity contribution in [2.45, 2.75) is 32.8 Å². The number of aryl methyl sites for hydroxylation is 1. The van der Waals surface area contributed by atoms with E-state index in [2.05, 4.69) is 18.9 Å². The molecule has 0 aliphatic heterocycles. The van der Waals surface area contributed by atoms with E-state index in [-0.39, 0.29) is 0 Å². The molecule has 13 heavy (non-hydrogen) atoms. The Kier molecular flexibility index (Phi) is 2.76. The van der Waals surface area contributed by atoms with Crippen molar-refractivity contribution in [3.05, 3.63) is 18.0 Å². The summed E-state index contributed by atoms with van der Waals surface area (Å²) in [6, 6.07) is 1.86. The molecule has 1 unspecified atom stereocenters. The van der Waals surface area contributed by atoms with Gasteiger partial charge in [0.1, 0.15) is 5.60 Å². The van der Waals surface area contributed by atoms with E-state index >= 15 is 0 Å². The van der Waals surface area contributed by atoms with Gasteiger partial charge >= 0.3 is 0 Å². The highest BCUT2D eigenvalue weighted by molar-refractivity contribution is 5.10. The molecule has 0 amide bonds. The van der Waals surface area contributed by atoms with Gasteiger partial charge in [-0.1, -0.05) is 13.8 Å². The molecule has 0 saturated heterocycles. The van der Waals surface area contributed by atoms with Crippen molar-refractivity contribution in [1.29, 1.82) is 0 Å². The second kappa shape index (κ2) is 3.50. The van der Waals surface area contributed by atoms with Gasteiger partial charge in [-0.2, -0.15) is 5.10 Å². The predicted octanol–water partition coefficient (Wildman–Crippen LogP) is 1.67. The average molecular weight is 182 g/mol. The van der Waals surface area contributed by atoms with Crippen LogP contribution in [0.25, 0.3) is 0 Å². The van der Waals surface area contributed by atoms with E-state index in [1.165, 1.54) is 0 Å². The maximum absolute atomic E-state index is 10.2. The first-order valence-corrected chi connectivity index (χ1v) is 4.64. The van der Waals surface area contributed by atoms with Crippen LogP contribution in [0.3, 0.4) is 0 Å². The van der Waals surface area contributed by atoms with E-state index in [9.17, 15) is 5.11 Å². The summed E-state index contributed by atoms with van der Waals surface area (Å²) >= 11 is 0. The number of aliphatic hydroxyl groups is 1. The molecule has 1 atom stereocenters. The molecular formula is C10H18N2O. The highest BCUT2D eigenvalue weighted by Crippen LogP contribution is 2.27. The standard InChI is InChI=1S/C10H18N2O/c1-8(2)7-10(3,13)9-5-6-11-12(9)4/h5-6,8,13H,7H2,1-4H3. The summed E-state index contributed by atoms with van der Waals surface area (Å²) in [5, 5.41) is 14.2. The number of hydrogen-bond donors (Lipinski definition) is 1. The third-order valence-corrected chi connectivity index (χ3v) is 2.18. The van der Waals surface area contributed by atoms with Gasteiger partial charge in [0.25, 0.3) is 0 Å². The summed E-state index contributed by atoms with van der Waals surface area (Å²) in [6.45, 7) is 6.04. The summed E-state index contributed by atoms with van der Waals surface area (Å²) in [4.78, 5) is 0. The molecule has 3 nitrogen and oxygen atoms in total. The molecule has 1 aromatic heterocycles. The van der Waals surface area contributed by atoms with Crippen molar-refractivity contribution < 1.29 is 5.11 Å². The minimum atomic E-state index is -0.764. The Balaban J connectivity index is 2.87. The molecule has 0 fully saturated rings. The number of rotatable bonds is 3. The van der Waals surface area contributed by atoms with Gasteiger partial charge in [-0.05, 0) is 25.3 Å². The first-order valence-electron chi connectivity index (χ1n) is 4.64. The molecule has 1 N–H and O–H groups in total. The van der Waals surface area contributed by atoms with Crippen LogP contribution < -0.4 is 0 Å². The van der Waals surface area contributed by atoms with Crippen molar-refractivity contribution in [3.8, 4) is 0 Å². The van der Waals surface area contributed by atoms with Crippen LogP contribution in [0.5, 0.6) is 0 Å². The second-order valence-electron chi connectivity index (χ2n) is 4.21. The fraction of sp³-hybridized carbons (Fsp3) is 0.700. The van der Waals surface area contributed by atoms with Gasteiger partial charge in [0.2, 0.25) is 0 Å². The fourth-order valence-electron chi connectivity index (χ4n) is 1.80. The first-order chi connectivity index (χ1) is 5.93. The Morgan fingerprint density at radius 1 is 1.62 bits per heavy atom. The summed E-state index contributed by atoms with van der Waals surface area (Å²) in [5.74, 6) is 0.477. The van der Waals surface area contributed by atoms with Crippen LogP contribution in [0.15, 0.2) is 12.3 Å². The van der Waals surface area contributed by atoms with Gasteiger partial charge in [0.15, 0.2) is 0 Å². The van der Waals surface area contributed by atoms with Crippen molar-refractivity contribution in [3.63, 3.8) is 0 Å². The molecule has 74 valence electrons. The zero-order valence-electron chi connectivity index (χ0n) is 8.78. The molecule has 1 aromatic rings. The number of hydrogen-bond acceptors (Lipinski definition) is 2. The highest BCUT2D eigenvalue weighted by atomic mass is 16.3. The van der Waals surface area contributed by atoms with E-state index in [4.69, 9.17) is 0 Å². The van der Waals surface area contributed by atoms with Crippen LogP contribution in [-0.2, 0) is 12.6 Å². The minimum Gasteiger partial charge on any atom is -0.384 e. The first kappa shape index (κ1) is 10.3. The lowest BCUT2D eigenvalue weighted by Gasteiger charge is -2.25. The second-order valence-corrected chi connectivity index (χ2v) is 4.21. The third kappa shape index (κ3) is 2.31. The van der Waals surface area contributed by atoms with E-state index < -0.39 is 5.60 Å². The van der Waals surface area contributed by atoms with Crippen LogP contribution in [0, 0.1) is 5.92 Å². The Morgan fingerprint density at radius 2 is 2.23 bits per heavy atom. The average Bonchev–Trinajstić information content (AvgIpc) is 2.32. The molecule has 1 rings (SSSR count).